The maximum absolute atomic E-state index is 5.65. The first kappa shape index (κ1) is 12.8. The SMILES string of the molecule is CC(C)=CC(NN)c1cc2c(s1)CCCCC2. The third kappa shape index (κ3) is 3.18. The molecule has 2 rings (SSSR count). The van der Waals surface area contributed by atoms with Gasteiger partial charge in [-0.2, -0.15) is 0 Å². The van der Waals surface area contributed by atoms with Gasteiger partial charge in [0.25, 0.3) is 0 Å². The van der Waals surface area contributed by atoms with E-state index in [9.17, 15) is 0 Å². The summed E-state index contributed by atoms with van der Waals surface area (Å²) in [4.78, 5) is 2.94. The molecular weight excluding hydrogens is 228 g/mol. The third-order valence-electron chi connectivity index (χ3n) is 3.25. The first-order valence-electron chi connectivity index (χ1n) is 6.43. The first-order valence-corrected chi connectivity index (χ1v) is 7.25. The summed E-state index contributed by atoms with van der Waals surface area (Å²) in [5, 5.41) is 0. The molecule has 2 nitrogen and oxygen atoms in total. The molecule has 0 aliphatic heterocycles. The second-order valence-electron chi connectivity index (χ2n) is 5.05. The molecule has 0 bridgehead atoms. The summed E-state index contributed by atoms with van der Waals surface area (Å²) >= 11 is 1.94. The Morgan fingerprint density at radius 2 is 2.12 bits per heavy atom. The van der Waals surface area contributed by atoms with Crippen molar-refractivity contribution in [1.29, 1.82) is 0 Å². The maximum atomic E-state index is 5.65. The monoisotopic (exact) mass is 250 g/mol. The zero-order valence-corrected chi connectivity index (χ0v) is 11.6. The van der Waals surface area contributed by atoms with Gasteiger partial charge in [0.15, 0.2) is 0 Å². The number of allylic oxidation sites excluding steroid dienone is 1. The van der Waals surface area contributed by atoms with Crippen molar-refractivity contribution in [3.05, 3.63) is 33.0 Å². The molecule has 1 aromatic heterocycles. The fourth-order valence-corrected chi connectivity index (χ4v) is 3.68. The van der Waals surface area contributed by atoms with Gasteiger partial charge in [0.2, 0.25) is 0 Å². The molecule has 3 heteroatoms. The highest BCUT2D eigenvalue weighted by molar-refractivity contribution is 7.12. The fourth-order valence-electron chi connectivity index (χ4n) is 2.39. The van der Waals surface area contributed by atoms with Crippen molar-refractivity contribution in [2.24, 2.45) is 5.84 Å². The van der Waals surface area contributed by atoms with Crippen molar-refractivity contribution >= 4 is 11.3 Å². The number of hydrazine groups is 1. The fraction of sp³-hybridized carbons (Fsp3) is 0.571. The van der Waals surface area contributed by atoms with Gasteiger partial charge < -0.3 is 0 Å². The lowest BCUT2D eigenvalue weighted by Crippen LogP contribution is -2.26. The number of aryl methyl sites for hydroxylation is 2. The van der Waals surface area contributed by atoms with Crippen molar-refractivity contribution in [3.8, 4) is 0 Å². The van der Waals surface area contributed by atoms with Gasteiger partial charge in [0.1, 0.15) is 0 Å². The van der Waals surface area contributed by atoms with E-state index in [-0.39, 0.29) is 6.04 Å². The molecule has 1 aliphatic carbocycles. The van der Waals surface area contributed by atoms with Gasteiger partial charge in [-0.3, -0.25) is 5.84 Å². The minimum absolute atomic E-state index is 0.178. The number of nitrogens with one attached hydrogen (secondary N) is 1. The van der Waals surface area contributed by atoms with Gasteiger partial charge in [-0.05, 0) is 51.2 Å². The molecule has 1 heterocycles. The van der Waals surface area contributed by atoms with Crippen LogP contribution in [0.2, 0.25) is 0 Å². The summed E-state index contributed by atoms with van der Waals surface area (Å²) in [6.07, 6.45) is 8.77. The van der Waals surface area contributed by atoms with Gasteiger partial charge >= 0.3 is 0 Å². The van der Waals surface area contributed by atoms with E-state index in [1.54, 1.807) is 10.4 Å². The maximum Gasteiger partial charge on any atom is 0.0736 e. The Kier molecular flexibility index (Phi) is 4.37. The quantitative estimate of drug-likeness (QED) is 0.373. The predicted octanol–water partition coefficient (Wildman–Crippen LogP) is 3.49. The van der Waals surface area contributed by atoms with Crippen LogP contribution in [0, 0.1) is 0 Å². The summed E-state index contributed by atoms with van der Waals surface area (Å²) in [6.45, 7) is 4.23. The van der Waals surface area contributed by atoms with Crippen molar-refractivity contribution in [2.45, 2.75) is 52.0 Å². The van der Waals surface area contributed by atoms with Crippen molar-refractivity contribution in [2.75, 3.05) is 0 Å². The number of rotatable bonds is 3. The second kappa shape index (κ2) is 5.80. The standard InChI is InChI=1S/C14H22N2S/c1-10(2)8-12(16-15)14-9-11-6-4-3-5-7-13(11)17-14/h8-9,12,16H,3-7,15H2,1-2H3. The third-order valence-corrected chi connectivity index (χ3v) is 4.57. The van der Waals surface area contributed by atoms with E-state index >= 15 is 0 Å². The molecule has 3 N–H and O–H groups in total. The van der Waals surface area contributed by atoms with Gasteiger partial charge in [-0.25, -0.2) is 5.43 Å². The number of nitrogens with two attached hydrogens (primary N) is 1. The van der Waals surface area contributed by atoms with Crippen LogP contribution in [0.1, 0.15) is 54.5 Å². The van der Waals surface area contributed by atoms with Crippen LogP contribution >= 0.6 is 11.3 Å². The Balaban J connectivity index is 2.24. The molecule has 1 aliphatic rings. The van der Waals surface area contributed by atoms with Crippen LogP contribution in [0.25, 0.3) is 0 Å². The van der Waals surface area contributed by atoms with Crippen LogP contribution in [0.3, 0.4) is 0 Å². The minimum atomic E-state index is 0.178. The predicted molar refractivity (Wildman–Crippen MR) is 75.1 cm³/mol. The molecule has 0 saturated carbocycles. The van der Waals surface area contributed by atoms with Gasteiger partial charge in [0, 0.05) is 9.75 Å². The summed E-state index contributed by atoms with van der Waals surface area (Å²) in [5.74, 6) is 5.65. The molecule has 0 radical (unpaired) electrons. The Morgan fingerprint density at radius 1 is 1.35 bits per heavy atom. The number of thiophene rings is 1. The van der Waals surface area contributed by atoms with Crippen LogP contribution in [0.15, 0.2) is 17.7 Å². The molecule has 17 heavy (non-hydrogen) atoms. The molecule has 0 spiro atoms. The second-order valence-corrected chi connectivity index (χ2v) is 6.21. The minimum Gasteiger partial charge on any atom is -0.271 e. The summed E-state index contributed by atoms with van der Waals surface area (Å²) < 4.78 is 0. The van der Waals surface area contributed by atoms with E-state index < -0.39 is 0 Å². The van der Waals surface area contributed by atoms with Crippen molar-refractivity contribution in [1.82, 2.24) is 5.43 Å². The zero-order valence-electron chi connectivity index (χ0n) is 10.8. The highest BCUT2D eigenvalue weighted by atomic mass is 32.1. The first-order chi connectivity index (χ1) is 8.20. The van der Waals surface area contributed by atoms with E-state index in [0.717, 1.165) is 0 Å². The van der Waals surface area contributed by atoms with E-state index in [1.807, 2.05) is 11.3 Å². The lowest BCUT2D eigenvalue weighted by atomic mass is 10.1. The number of hydrogen-bond acceptors (Lipinski definition) is 3. The van der Waals surface area contributed by atoms with Crippen molar-refractivity contribution < 1.29 is 0 Å². The summed E-state index contributed by atoms with van der Waals surface area (Å²) in [7, 11) is 0. The molecule has 1 aromatic rings. The normalized spacial score (nSPS) is 17.1. The number of hydrogen-bond donors (Lipinski definition) is 2. The zero-order chi connectivity index (χ0) is 12.3. The molecule has 0 saturated heterocycles. The van der Waals surface area contributed by atoms with Gasteiger partial charge in [-0.1, -0.05) is 18.1 Å². The largest absolute Gasteiger partial charge is 0.271 e. The van der Waals surface area contributed by atoms with Gasteiger partial charge in [0.05, 0.1) is 6.04 Å². The Bertz CT molecular complexity index is 379. The van der Waals surface area contributed by atoms with Crippen LogP contribution in [0.5, 0.6) is 0 Å². The molecular formula is C14H22N2S. The summed E-state index contributed by atoms with van der Waals surface area (Å²) in [5.41, 5.74) is 5.77. The van der Waals surface area contributed by atoms with Crippen LogP contribution in [-0.4, -0.2) is 0 Å². The Morgan fingerprint density at radius 3 is 2.82 bits per heavy atom. The molecule has 94 valence electrons. The van der Waals surface area contributed by atoms with Crippen molar-refractivity contribution in [3.63, 3.8) is 0 Å². The van der Waals surface area contributed by atoms with Gasteiger partial charge in [-0.15, -0.1) is 11.3 Å². The molecule has 1 atom stereocenters. The van der Waals surface area contributed by atoms with E-state index in [0.29, 0.717) is 0 Å². The Hall–Kier alpha value is -0.640. The lowest BCUT2D eigenvalue weighted by Gasteiger charge is -2.09. The molecule has 0 aromatic carbocycles. The average molecular weight is 250 g/mol. The molecule has 0 fully saturated rings. The van der Waals surface area contributed by atoms with E-state index in [4.69, 9.17) is 5.84 Å². The molecule has 1 unspecified atom stereocenters. The van der Waals surface area contributed by atoms with E-state index in [1.165, 1.54) is 42.6 Å². The molecule has 0 amide bonds. The number of fused-ring (bicyclic) bond motifs is 1. The van der Waals surface area contributed by atoms with Crippen LogP contribution in [-0.2, 0) is 12.8 Å². The smallest absolute Gasteiger partial charge is 0.0736 e. The highest BCUT2D eigenvalue weighted by Crippen LogP contribution is 2.32. The summed E-state index contributed by atoms with van der Waals surface area (Å²) in [6, 6.07) is 2.53. The van der Waals surface area contributed by atoms with Crippen LogP contribution in [0.4, 0.5) is 0 Å². The highest BCUT2D eigenvalue weighted by Gasteiger charge is 2.16. The van der Waals surface area contributed by atoms with Crippen LogP contribution < -0.4 is 11.3 Å². The topological polar surface area (TPSA) is 38.0 Å². The Labute approximate surface area is 108 Å². The van der Waals surface area contributed by atoms with E-state index in [2.05, 4.69) is 31.4 Å². The average Bonchev–Trinajstić information content (AvgIpc) is 2.57. The lowest BCUT2D eigenvalue weighted by molar-refractivity contribution is 0.660.